The average molecular weight is 340 g/mol. The first-order valence-electron chi connectivity index (χ1n) is 8.20. The lowest BCUT2D eigenvalue weighted by Gasteiger charge is -2.08. The van der Waals surface area contributed by atoms with Crippen LogP contribution in [0.5, 0.6) is 5.75 Å². The van der Waals surface area contributed by atoms with Crippen molar-refractivity contribution in [2.24, 2.45) is 0 Å². The average Bonchev–Trinajstić information content (AvgIpc) is 2.98. The molecule has 0 saturated heterocycles. The number of rotatable bonds is 6. The molecule has 1 N–H and O–H groups in total. The second-order valence-electron chi connectivity index (χ2n) is 5.35. The van der Waals surface area contributed by atoms with E-state index in [1.165, 1.54) is 6.33 Å². The Labute approximate surface area is 145 Å². The van der Waals surface area contributed by atoms with Crippen LogP contribution in [0, 0.1) is 0 Å². The van der Waals surface area contributed by atoms with Crippen LogP contribution in [0.4, 0.5) is 10.6 Å². The van der Waals surface area contributed by atoms with E-state index in [2.05, 4.69) is 15.4 Å². The number of ether oxygens (including phenoxy) is 2. The maximum Gasteiger partial charge on any atom is 0.513 e. The summed E-state index contributed by atoms with van der Waals surface area (Å²) in [7, 11) is 0. The molecule has 3 rings (SSSR count). The smallest absolute Gasteiger partial charge is 0.434 e. The molecule has 0 atom stereocenters. The van der Waals surface area contributed by atoms with Gasteiger partial charge in [0.1, 0.15) is 11.8 Å². The summed E-state index contributed by atoms with van der Waals surface area (Å²) in [5.74, 6) is 1.12. The summed E-state index contributed by atoms with van der Waals surface area (Å²) >= 11 is 0. The number of aryl methyl sites for hydroxylation is 1. The Kier molecular flexibility index (Phi) is 5.13. The van der Waals surface area contributed by atoms with Gasteiger partial charge in [-0.25, -0.2) is 14.3 Å². The van der Waals surface area contributed by atoms with Crippen molar-refractivity contribution in [2.75, 3.05) is 11.9 Å². The molecule has 0 fully saturated rings. The molecule has 7 nitrogen and oxygen atoms in total. The van der Waals surface area contributed by atoms with Crippen molar-refractivity contribution >= 4 is 17.5 Å². The molecule has 2 aromatic heterocycles. The number of anilines is 1. The number of hydrogen-bond acceptors (Lipinski definition) is 6. The molecule has 0 bridgehead atoms. The van der Waals surface area contributed by atoms with Crippen LogP contribution < -0.4 is 10.1 Å². The predicted molar refractivity (Wildman–Crippen MR) is 93.8 cm³/mol. The molecule has 130 valence electrons. The van der Waals surface area contributed by atoms with E-state index in [1.807, 2.05) is 37.3 Å². The van der Waals surface area contributed by atoms with E-state index in [0.717, 1.165) is 16.6 Å². The first-order valence-corrected chi connectivity index (χ1v) is 8.20. The van der Waals surface area contributed by atoms with Crippen molar-refractivity contribution in [3.8, 4) is 5.75 Å². The largest absolute Gasteiger partial charge is 0.513 e. The Hall–Kier alpha value is -3.09. The minimum absolute atomic E-state index is 0.261. The zero-order valence-electron chi connectivity index (χ0n) is 14.2. The van der Waals surface area contributed by atoms with Crippen molar-refractivity contribution in [2.45, 2.75) is 26.8 Å². The highest BCUT2D eigenvalue weighted by atomic mass is 16.7. The molecule has 0 aliphatic rings. The maximum atomic E-state index is 11.6. The second-order valence-corrected chi connectivity index (χ2v) is 5.35. The third-order valence-electron chi connectivity index (χ3n) is 3.75. The van der Waals surface area contributed by atoms with Gasteiger partial charge in [0.15, 0.2) is 11.6 Å². The number of nitrogens with zero attached hydrogens (tertiary/aromatic N) is 3. The van der Waals surface area contributed by atoms with Crippen LogP contribution in [0.1, 0.15) is 25.0 Å². The Balaban J connectivity index is 1.91. The highest BCUT2D eigenvalue weighted by molar-refractivity contribution is 5.77. The van der Waals surface area contributed by atoms with Crippen LogP contribution >= 0.6 is 0 Å². The van der Waals surface area contributed by atoms with Crippen molar-refractivity contribution in [1.29, 1.82) is 0 Å². The molecule has 1 aromatic carbocycles. The van der Waals surface area contributed by atoms with Gasteiger partial charge in [-0.1, -0.05) is 37.3 Å². The number of fused-ring (bicyclic) bond motifs is 1. The van der Waals surface area contributed by atoms with Crippen molar-refractivity contribution in [3.63, 3.8) is 0 Å². The topological polar surface area (TPSA) is 77.8 Å². The van der Waals surface area contributed by atoms with Crippen LogP contribution in [0.15, 0.2) is 42.9 Å². The first-order chi connectivity index (χ1) is 12.2. The Morgan fingerprint density at radius 1 is 1.24 bits per heavy atom. The maximum absolute atomic E-state index is 11.6. The van der Waals surface area contributed by atoms with Crippen LogP contribution in [-0.2, 0) is 17.7 Å². The van der Waals surface area contributed by atoms with Gasteiger partial charge >= 0.3 is 6.16 Å². The molecule has 0 radical (unpaired) electrons. The zero-order valence-corrected chi connectivity index (χ0v) is 14.2. The Morgan fingerprint density at radius 3 is 2.76 bits per heavy atom. The lowest BCUT2D eigenvalue weighted by Crippen LogP contribution is -2.10. The lowest BCUT2D eigenvalue weighted by atomic mass is 10.2. The van der Waals surface area contributed by atoms with E-state index in [0.29, 0.717) is 24.5 Å². The predicted octanol–water partition coefficient (Wildman–Crippen LogP) is 3.44. The van der Waals surface area contributed by atoms with Gasteiger partial charge in [-0.15, -0.1) is 0 Å². The molecule has 7 heteroatoms. The highest BCUT2D eigenvalue weighted by Crippen LogP contribution is 2.30. The summed E-state index contributed by atoms with van der Waals surface area (Å²) < 4.78 is 11.8. The summed E-state index contributed by atoms with van der Waals surface area (Å²) in [5, 5.41) is 7.54. The van der Waals surface area contributed by atoms with Gasteiger partial charge in [0.2, 0.25) is 0 Å². The SMILES string of the molecule is CCOC(=O)Oc1cn2ncnc(NCc3ccccc3)c2c1CC. The van der Waals surface area contributed by atoms with Gasteiger partial charge in [0.25, 0.3) is 0 Å². The van der Waals surface area contributed by atoms with E-state index in [-0.39, 0.29) is 6.61 Å². The summed E-state index contributed by atoms with van der Waals surface area (Å²) in [6, 6.07) is 10.0. The van der Waals surface area contributed by atoms with E-state index in [1.54, 1.807) is 17.6 Å². The highest BCUT2D eigenvalue weighted by Gasteiger charge is 2.18. The minimum atomic E-state index is -0.722. The van der Waals surface area contributed by atoms with E-state index in [9.17, 15) is 4.79 Å². The lowest BCUT2D eigenvalue weighted by molar-refractivity contribution is 0.104. The van der Waals surface area contributed by atoms with Crippen molar-refractivity contribution in [3.05, 3.63) is 54.0 Å². The first kappa shape index (κ1) is 16.8. The number of aromatic nitrogens is 3. The molecule has 0 saturated carbocycles. The van der Waals surface area contributed by atoms with Gasteiger partial charge in [0, 0.05) is 12.1 Å². The van der Waals surface area contributed by atoms with Gasteiger partial charge in [-0.3, -0.25) is 0 Å². The molecule has 0 unspecified atom stereocenters. The standard InChI is InChI=1S/C18H20N4O3/c1-3-14-15(25-18(23)24-4-2)11-22-16(14)17(20-12-21-22)19-10-13-8-6-5-7-9-13/h5-9,11-12H,3-4,10H2,1-2H3,(H,19,20,21). The van der Waals surface area contributed by atoms with Crippen LogP contribution in [-0.4, -0.2) is 27.4 Å². The van der Waals surface area contributed by atoms with E-state index < -0.39 is 6.16 Å². The van der Waals surface area contributed by atoms with E-state index >= 15 is 0 Å². The van der Waals surface area contributed by atoms with Gasteiger partial charge in [0.05, 0.1) is 12.8 Å². The van der Waals surface area contributed by atoms with Gasteiger partial charge < -0.3 is 14.8 Å². The quantitative estimate of drug-likeness (QED) is 0.693. The zero-order chi connectivity index (χ0) is 17.6. The van der Waals surface area contributed by atoms with Crippen LogP contribution in [0.2, 0.25) is 0 Å². The molecular weight excluding hydrogens is 320 g/mol. The number of carbonyl (C=O) groups excluding carboxylic acids is 1. The molecule has 3 aromatic rings. The van der Waals surface area contributed by atoms with Crippen molar-refractivity contribution < 1.29 is 14.3 Å². The molecule has 2 heterocycles. The molecule has 25 heavy (non-hydrogen) atoms. The second kappa shape index (κ2) is 7.65. The molecule has 0 aliphatic heterocycles. The number of carbonyl (C=O) groups is 1. The van der Waals surface area contributed by atoms with Crippen LogP contribution in [0.25, 0.3) is 5.52 Å². The molecule has 0 spiro atoms. The van der Waals surface area contributed by atoms with E-state index in [4.69, 9.17) is 9.47 Å². The Morgan fingerprint density at radius 2 is 2.04 bits per heavy atom. The van der Waals surface area contributed by atoms with Gasteiger partial charge in [-0.2, -0.15) is 5.10 Å². The summed E-state index contributed by atoms with van der Waals surface area (Å²) in [4.78, 5) is 16.0. The Bertz CT molecular complexity index is 861. The van der Waals surface area contributed by atoms with Gasteiger partial charge in [-0.05, 0) is 18.9 Å². The summed E-state index contributed by atoms with van der Waals surface area (Å²) in [6.45, 7) is 4.61. The molecule has 0 aliphatic carbocycles. The molecular formula is C18H20N4O3. The summed E-state index contributed by atoms with van der Waals surface area (Å²) in [5.41, 5.74) is 2.79. The summed E-state index contributed by atoms with van der Waals surface area (Å²) in [6.07, 6.45) is 3.08. The minimum Gasteiger partial charge on any atom is -0.434 e. The number of hydrogen-bond donors (Lipinski definition) is 1. The third kappa shape index (κ3) is 3.71. The monoisotopic (exact) mass is 340 g/mol. The fourth-order valence-corrected chi connectivity index (χ4v) is 2.63. The molecule has 0 amide bonds. The van der Waals surface area contributed by atoms with Crippen molar-refractivity contribution in [1.82, 2.24) is 14.6 Å². The fraction of sp³-hybridized carbons (Fsp3) is 0.278. The normalized spacial score (nSPS) is 10.6. The third-order valence-corrected chi connectivity index (χ3v) is 3.75. The number of benzene rings is 1. The van der Waals surface area contributed by atoms with Crippen LogP contribution in [0.3, 0.4) is 0 Å². The number of nitrogens with one attached hydrogen (secondary N) is 1. The fourth-order valence-electron chi connectivity index (χ4n) is 2.63.